The molecule has 2 aliphatic rings. The van der Waals surface area contributed by atoms with E-state index in [1.807, 2.05) is 33.3 Å². The number of anilines is 2. The van der Waals surface area contributed by atoms with Crippen molar-refractivity contribution in [3.8, 4) is 5.75 Å². The van der Waals surface area contributed by atoms with Gasteiger partial charge in [-0.05, 0) is 55.0 Å². The van der Waals surface area contributed by atoms with Crippen molar-refractivity contribution in [2.45, 2.75) is 38.8 Å². The molecule has 2 aromatic heterocycles. The molecule has 1 aliphatic heterocycles. The third kappa shape index (κ3) is 4.06. The number of thiophene rings is 1. The molecule has 0 unspecified atom stereocenters. The van der Waals surface area contributed by atoms with E-state index < -0.39 is 0 Å². The van der Waals surface area contributed by atoms with Crippen LogP contribution in [0, 0.1) is 5.92 Å². The van der Waals surface area contributed by atoms with Crippen LogP contribution in [-0.2, 0) is 24.2 Å². The summed E-state index contributed by atoms with van der Waals surface area (Å²) in [6.45, 7) is 3.04. The highest BCUT2D eigenvalue weighted by molar-refractivity contribution is 7.19. The second-order valence-electron chi connectivity index (χ2n) is 8.88. The molecule has 1 aliphatic carbocycles. The Labute approximate surface area is 196 Å². The average Bonchev–Trinajstić information content (AvgIpc) is 3.42. The fourth-order valence-corrected chi connectivity index (χ4v) is 5.77. The van der Waals surface area contributed by atoms with E-state index >= 15 is 0 Å². The molecule has 3 heterocycles. The Balaban J connectivity index is 1.52. The minimum absolute atomic E-state index is 0.0266. The third-order valence-electron chi connectivity index (χ3n) is 6.28. The molecular formula is C24H28N6O2S. The summed E-state index contributed by atoms with van der Waals surface area (Å²) in [6, 6.07) is 4.10. The first-order valence-electron chi connectivity index (χ1n) is 11.2. The Morgan fingerprint density at radius 3 is 3.00 bits per heavy atom. The highest BCUT2D eigenvalue weighted by atomic mass is 32.1. The van der Waals surface area contributed by atoms with Crippen molar-refractivity contribution in [1.29, 1.82) is 0 Å². The molecule has 0 radical (unpaired) electrons. The minimum Gasteiger partial charge on any atom is -0.487 e. The number of hydrogen-bond acceptors (Lipinski definition) is 8. The number of nitrogens with zero attached hydrogens (tertiary/aromatic N) is 4. The van der Waals surface area contributed by atoms with Crippen LogP contribution in [0.4, 0.5) is 11.5 Å². The second kappa shape index (κ2) is 8.72. The monoisotopic (exact) mass is 464 g/mol. The summed E-state index contributed by atoms with van der Waals surface area (Å²) >= 11 is 1.67. The molecule has 0 saturated heterocycles. The van der Waals surface area contributed by atoms with E-state index in [1.165, 1.54) is 10.4 Å². The van der Waals surface area contributed by atoms with Crippen LogP contribution in [0.15, 0.2) is 23.5 Å². The molecule has 0 bridgehead atoms. The van der Waals surface area contributed by atoms with Gasteiger partial charge in [-0.2, -0.15) is 0 Å². The predicted octanol–water partition coefficient (Wildman–Crippen LogP) is 3.29. The van der Waals surface area contributed by atoms with E-state index in [0.29, 0.717) is 13.1 Å². The summed E-state index contributed by atoms with van der Waals surface area (Å²) in [5, 5.41) is 4.56. The number of ether oxygens (including phenoxy) is 1. The van der Waals surface area contributed by atoms with Gasteiger partial charge >= 0.3 is 0 Å². The average molecular weight is 465 g/mol. The second-order valence-corrected chi connectivity index (χ2v) is 9.97. The van der Waals surface area contributed by atoms with Crippen molar-refractivity contribution >= 4 is 45.2 Å². The van der Waals surface area contributed by atoms with Crippen molar-refractivity contribution in [2.24, 2.45) is 16.6 Å². The van der Waals surface area contributed by atoms with Crippen LogP contribution in [0.1, 0.15) is 34.9 Å². The number of aromatic nitrogens is 2. The van der Waals surface area contributed by atoms with Crippen molar-refractivity contribution in [2.75, 3.05) is 26.0 Å². The first-order valence-corrected chi connectivity index (χ1v) is 12.0. The molecule has 0 spiro atoms. The molecule has 1 aromatic carbocycles. The van der Waals surface area contributed by atoms with Crippen molar-refractivity contribution < 1.29 is 9.53 Å². The predicted molar refractivity (Wildman–Crippen MR) is 132 cm³/mol. The Morgan fingerprint density at radius 2 is 2.21 bits per heavy atom. The lowest BCUT2D eigenvalue weighted by atomic mass is 9.87. The summed E-state index contributed by atoms with van der Waals surface area (Å²) in [4.78, 5) is 29.9. The molecule has 5 rings (SSSR count). The Bertz CT molecular complexity index is 1250. The SMILES string of the molecule is C[C@H](CN)Oc1cc2c(cc1Nc1ncnc3sc4c(c13)CC[C@H](C(=O)N(C)C)C4)C=NC2. The lowest BCUT2D eigenvalue weighted by Gasteiger charge is -2.24. The third-order valence-corrected chi connectivity index (χ3v) is 7.44. The standard InChI is InChI=1S/C24H28N6O2S/c1-13(9-25)32-19-7-16-11-26-10-15(16)6-18(19)29-22-21-17-5-4-14(24(31)30(2)3)8-20(17)33-23(21)28-12-27-22/h6-7,10,12-14H,4-5,8-9,11,25H2,1-3H3,(H,27,28,29)/t13-,14+/m1/s1. The number of carbonyl (C=O) groups excluding carboxylic acids is 1. The maximum atomic E-state index is 12.5. The molecule has 0 saturated carbocycles. The number of benzene rings is 1. The van der Waals surface area contributed by atoms with E-state index in [1.54, 1.807) is 22.6 Å². The fourth-order valence-electron chi connectivity index (χ4n) is 4.51. The number of carbonyl (C=O) groups is 1. The quantitative estimate of drug-likeness (QED) is 0.580. The van der Waals surface area contributed by atoms with Gasteiger partial charge in [0.15, 0.2) is 0 Å². The van der Waals surface area contributed by atoms with E-state index in [-0.39, 0.29) is 17.9 Å². The molecule has 3 aromatic rings. The smallest absolute Gasteiger partial charge is 0.225 e. The van der Waals surface area contributed by atoms with Gasteiger partial charge in [-0.1, -0.05) is 0 Å². The van der Waals surface area contributed by atoms with Gasteiger partial charge in [-0.3, -0.25) is 9.79 Å². The number of aliphatic imine (C=N–C) groups is 1. The largest absolute Gasteiger partial charge is 0.487 e. The maximum absolute atomic E-state index is 12.5. The van der Waals surface area contributed by atoms with Crippen LogP contribution in [0.3, 0.4) is 0 Å². The van der Waals surface area contributed by atoms with Gasteiger partial charge in [-0.25, -0.2) is 9.97 Å². The topological polar surface area (TPSA) is 106 Å². The lowest BCUT2D eigenvalue weighted by molar-refractivity contribution is -0.133. The van der Waals surface area contributed by atoms with Gasteiger partial charge in [-0.15, -0.1) is 11.3 Å². The molecule has 33 heavy (non-hydrogen) atoms. The summed E-state index contributed by atoms with van der Waals surface area (Å²) in [5.41, 5.74) is 10.1. The van der Waals surface area contributed by atoms with Crippen LogP contribution in [0.2, 0.25) is 0 Å². The van der Waals surface area contributed by atoms with Crippen LogP contribution < -0.4 is 15.8 Å². The van der Waals surface area contributed by atoms with E-state index in [2.05, 4.69) is 26.3 Å². The number of nitrogens with two attached hydrogens (primary N) is 1. The number of aryl methyl sites for hydroxylation is 1. The lowest BCUT2D eigenvalue weighted by Crippen LogP contribution is -2.32. The van der Waals surface area contributed by atoms with Crippen LogP contribution >= 0.6 is 11.3 Å². The van der Waals surface area contributed by atoms with E-state index in [0.717, 1.165) is 57.9 Å². The van der Waals surface area contributed by atoms with Crippen LogP contribution in [0.25, 0.3) is 10.2 Å². The first kappa shape index (κ1) is 21.8. The molecular weight excluding hydrogens is 436 g/mol. The van der Waals surface area contributed by atoms with Gasteiger partial charge in [0.2, 0.25) is 5.91 Å². The molecule has 0 fully saturated rings. The molecule has 9 heteroatoms. The summed E-state index contributed by atoms with van der Waals surface area (Å²) in [6.07, 6.45) is 5.79. The summed E-state index contributed by atoms with van der Waals surface area (Å²) in [5.74, 6) is 1.72. The normalized spacial score (nSPS) is 17.5. The van der Waals surface area contributed by atoms with Crippen molar-refractivity contribution in [3.63, 3.8) is 0 Å². The highest BCUT2D eigenvalue weighted by Gasteiger charge is 2.30. The molecule has 8 nitrogen and oxygen atoms in total. The highest BCUT2D eigenvalue weighted by Crippen LogP contribution is 2.42. The number of rotatable bonds is 6. The molecule has 3 N–H and O–H groups in total. The summed E-state index contributed by atoms with van der Waals surface area (Å²) in [7, 11) is 3.64. The number of amides is 1. The Kier molecular flexibility index (Phi) is 5.76. The first-order chi connectivity index (χ1) is 15.9. The number of nitrogens with one attached hydrogen (secondary N) is 1. The van der Waals surface area contributed by atoms with Gasteiger partial charge in [0, 0.05) is 37.6 Å². The van der Waals surface area contributed by atoms with Crippen molar-refractivity contribution in [3.05, 3.63) is 40.0 Å². The molecule has 1 amide bonds. The Hall–Kier alpha value is -3.04. The summed E-state index contributed by atoms with van der Waals surface area (Å²) < 4.78 is 6.14. The zero-order valence-electron chi connectivity index (χ0n) is 19.1. The molecule has 172 valence electrons. The molecule has 2 atom stereocenters. The van der Waals surface area contributed by atoms with Crippen molar-refractivity contribution in [1.82, 2.24) is 14.9 Å². The number of hydrogen-bond donors (Lipinski definition) is 2. The van der Waals surface area contributed by atoms with Crippen LogP contribution in [0.5, 0.6) is 5.75 Å². The van der Waals surface area contributed by atoms with E-state index in [9.17, 15) is 4.79 Å². The van der Waals surface area contributed by atoms with E-state index in [4.69, 9.17) is 10.5 Å². The zero-order valence-corrected chi connectivity index (χ0v) is 19.9. The van der Waals surface area contributed by atoms with Gasteiger partial charge in [0.25, 0.3) is 0 Å². The Morgan fingerprint density at radius 1 is 1.36 bits per heavy atom. The van der Waals surface area contributed by atoms with Gasteiger partial charge in [0.1, 0.15) is 28.8 Å². The number of fused-ring (bicyclic) bond motifs is 4. The van der Waals surface area contributed by atoms with Gasteiger partial charge in [0.05, 0.1) is 17.6 Å². The zero-order chi connectivity index (χ0) is 23.1. The van der Waals surface area contributed by atoms with Gasteiger partial charge < -0.3 is 20.7 Å². The maximum Gasteiger partial charge on any atom is 0.225 e. The fraction of sp³-hybridized carbons (Fsp3) is 0.417. The van der Waals surface area contributed by atoms with Crippen LogP contribution in [-0.4, -0.2) is 53.7 Å². The minimum atomic E-state index is -0.114.